The number of nitrogens with zero attached hydrogens (tertiary/aromatic N) is 1. The molecule has 0 aliphatic carbocycles. The molecule has 2 aliphatic heterocycles. The lowest BCUT2D eigenvalue weighted by Gasteiger charge is -2.33. The number of aromatic nitrogens is 2. The topological polar surface area (TPSA) is 323 Å². The number of hydrogen-bond acceptors (Lipinski definition) is 16. The number of H-pyrrole nitrogens is 1. The van der Waals surface area contributed by atoms with Crippen LogP contribution in [0.1, 0.15) is 116 Å². The molecule has 1 aromatic heterocycles. The molecular weight excluding hydrogens is 831 g/mol. The summed E-state index contributed by atoms with van der Waals surface area (Å²) in [7, 11) is 0. The average molecular weight is 904 g/mol. The SMILES string of the molecule is CCCCCCCCCCCCCCC[C@H](NC(=O)[C@@H](N)CCSC)C(=O)NCCCN[C@H](C(=O)O)[C@H](O[C@@H]1O[C@H](CN)[C@@H](O)[C@H]1O)C1OC(n2ccc(=O)[nH]c2=O)C(O)C1O. The van der Waals surface area contributed by atoms with Crippen molar-refractivity contribution in [1.82, 2.24) is 25.5 Å². The molecule has 12 atom stereocenters. The molecule has 0 radical (unpaired) electrons. The standard InChI is InChI=1S/C41H73N7O13S/c1-3-4-5-6-7-8-9-10-11-12-13-14-15-17-26(46-36(54)25(43)19-23-62-2)37(55)45-21-16-20-44-29(39(56)57)34(61-40-33(53)30(50)27(24-42)59-40)35-31(51)32(52)38(60-35)48-22-18-28(49)47-41(48)58/h18,22,25-27,29-35,38,40,44,50-53H,3-17,19-21,23-24,42-43H2,1-2H3,(H,45,55)(H,46,54)(H,56,57)(H,47,49,58)/t25-,26-,27+,29-,30+,31?,32?,33+,34-,35?,38?,40-/m0/s1. The molecule has 3 heterocycles. The van der Waals surface area contributed by atoms with Crippen molar-refractivity contribution in [3.8, 4) is 0 Å². The Kier molecular flexibility index (Phi) is 24.8. The largest absolute Gasteiger partial charge is 0.480 e. The van der Waals surface area contributed by atoms with Gasteiger partial charge in [0.25, 0.3) is 5.56 Å². The number of hydrogen-bond donors (Lipinski definition) is 11. The van der Waals surface area contributed by atoms with Gasteiger partial charge in [-0.1, -0.05) is 90.4 Å². The lowest BCUT2D eigenvalue weighted by atomic mass is 9.98. The lowest BCUT2D eigenvalue weighted by molar-refractivity contribution is -0.228. The molecule has 2 amide bonds. The third-order valence-electron chi connectivity index (χ3n) is 11.4. The minimum Gasteiger partial charge on any atom is -0.480 e. The minimum atomic E-state index is -1.86. The summed E-state index contributed by atoms with van der Waals surface area (Å²) in [6.07, 6.45) is 4.59. The number of carboxylic acids is 1. The van der Waals surface area contributed by atoms with E-state index in [2.05, 4.69) is 22.9 Å². The zero-order valence-electron chi connectivity index (χ0n) is 36.2. The predicted octanol–water partition coefficient (Wildman–Crippen LogP) is -0.458. The lowest BCUT2D eigenvalue weighted by Crippen LogP contribution is -2.57. The Morgan fingerprint density at radius 2 is 1.48 bits per heavy atom. The van der Waals surface area contributed by atoms with Gasteiger partial charge in [-0.15, -0.1) is 0 Å². The summed E-state index contributed by atoms with van der Waals surface area (Å²) in [5.41, 5.74) is 10.0. The number of carbonyl (C=O) groups is 3. The van der Waals surface area contributed by atoms with E-state index in [4.69, 9.17) is 25.7 Å². The fourth-order valence-corrected chi connectivity index (χ4v) is 8.14. The van der Waals surface area contributed by atoms with Gasteiger partial charge in [0.1, 0.15) is 54.8 Å². The number of ether oxygens (including phenoxy) is 3. The van der Waals surface area contributed by atoms with E-state index in [-0.39, 0.29) is 26.1 Å². The van der Waals surface area contributed by atoms with Gasteiger partial charge in [-0.25, -0.2) is 4.79 Å². The molecule has 2 saturated heterocycles. The van der Waals surface area contributed by atoms with Crippen LogP contribution in [0, 0.1) is 0 Å². The van der Waals surface area contributed by atoms with Crippen LogP contribution in [0.15, 0.2) is 21.9 Å². The number of aromatic amines is 1. The van der Waals surface area contributed by atoms with Gasteiger partial charge in [-0.3, -0.25) is 28.7 Å². The van der Waals surface area contributed by atoms with Crippen molar-refractivity contribution >= 4 is 29.5 Å². The summed E-state index contributed by atoms with van der Waals surface area (Å²) in [6, 6.07) is -2.33. The number of carboxylic acid groups (broad SMARTS) is 1. The molecule has 0 bridgehead atoms. The highest BCUT2D eigenvalue weighted by Gasteiger charge is 2.54. The van der Waals surface area contributed by atoms with Gasteiger partial charge in [0.15, 0.2) is 12.5 Å². The predicted molar refractivity (Wildman–Crippen MR) is 232 cm³/mol. The Hall–Kier alpha value is -2.96. The Bertz CT molecular complexity index is 1590. The second-order valence-corrected chi connectivity index (χ2v) is 17.2. The maximum atomic E-state index is 13.4. The van der Waals surface area contributed by atoms with Crippen LogP contribution in [0.3, 0.4) is 0 Å². The molecule has 0 aromatic carbocycles. The van der Waals surface area contributed by atoms with Crippen LogP contribution < -0.4 is 38.7 Å². The molecule has 20 nitrogen and oxygen atoms in total. The van der Waals surface area contributed by atoms with Crippen molar-refractivity contribution in [3.63, 3.8) is 0 Å². The summed E-state index contributed by atoms with van der Waals surface area (Å²) >= 11 is 1.57. The normalized spacial score (nSPS) is 25.6. The first kappa shape index (κ1) is 53.4. The van der Waals surface area contributed by atoms with Gasteiger partial charge in [0, 0.05) is 25.4 Å². The fraction of sp³-hybridized carbons (Fsp3) is 0.829. The van der Waals surface area contributed by atoms with Gasteiger partial charge >= 0.3 is 11.7 Å². The van der Waals surface area contributed by atoms with Crippen molar-refractivity contribution in [2.24, 2.45) is 11.5 Å². The number of thioether (sulfide) groups is 1. The highest BCUT2D eigenvalue weighted by molar-refractivity contribution is 7.98. The molecule has 356 valence electrons. The maximum absolute atomic E-state index is 13.4. The van der Waals surface area contributed by atoms with Crippen molar-refractivity contribution in [1.29, 1.82) is 0 Å². The molecule has 62 heavy (non-hydrogen) atoms. The van der Waals surface area contributed by atoms with Crippen LogP contribution >= 0.6 is 11.8 Å². The number of carbonyl (C=O) groups excluding carboxylic acids is 2. The Morgan fingerprint density at radius 3 is 2.05 bits per heavy atom. The molecule has 21 heteroatoms. The summed E-state index contributed by atoms with van der Waals surface area (Å²) in [5, 5.41) is 62.0. The number of aliphatic carboxylic acids is 1. The van der Waals surface area contributed by atoms with E-state index in [0.29, 0.717) is 18.6 Å². The second kappa shape index (κ2) is 28.8. The number of aliphatic hydroxyl groups is 4. The highest BCUT2D eigenvalue weighted by atomic mass is 32.2. The van der Waals surface area contributed by atoms with Gasteiger partial charge in [-0.2, -0.15) is 11.8 Å². The monoisotopic (exact) mass is 903 g/mol. The number of amides is 2. The molecule has 2 aliphatic rings. The molecule has 1 aromatic rings. The average Bonchev–Trinajstić information content (AvgIpc) is 3.69. The first-order valence-corrected chi connectivity index (χ1v) is 23.6. The first-order valence-electron chi connectivity index (χ1n) is 22.2. The van der Waals surface area contributed by atoms with Crippen LogP contribution in [0.5, 0.6) is 0 Å². The molecular formula is C41H73N7O13S. The second-order valence-electron chi connectivity index (χ2n) is 16.2. The van der Waals surface area contributed by atoms with E-state index >= 15 is 0 Å². The van der Waals surface area contributed by atoms with Gasteiger partial charge < -0.3 is 67.2 Å². The van der Waals surface area contributed by atoms with Gasteiger partial charge in [-0.05, 0) is 37.8 Å². The van der Waals surface area contributed by atoms with Gasteiger partial charge in [0.05, 0.1) is 6.04 Å². The first-order chi connectivity index (χ1) is 29.7. The van der Waals surface area contributed by atoms with E-state index < -0.39 is 102 Å². The smallest absolute Gasteiger partial charge is 0.330 e. The Labute approximate surface area is 367 Å². The molecule has 0 saturated carbocycles. The summed E-state index contributed by atoms with van der Waals surface area (Å²) < 4.78 is 18.1. The highest BCUT2D eigenvalue weighted by Crippen LogP contribution is 2.34. The van der Waals surface area contributed by atoms with Crippen molar-refractivity contribution in [2.45, 2.75) is 183 Å². The zero-order valence-corrected chi connectivity index (χ0v) is 37.1. The summed E-state index contributed by atoms with van der Waals surface area (Å²) in [4.78, 5) is 65.4. The molecule has 0 spiro atoms. The van der Waals surface area contributed by atoms with E-state index in [1.165, 1.54) is 57.8 Å². The van der Waals surface area contributed by atoms with Crippen LogP contribution in [0.25, 0.3) is 0 Å². The number of nitrogens with one attached hydrogen (secondary N) is 4. The molecule has 4 unspecified atom stereocenters. The van der Waals surface area contributed by atoms with Gasteiger partial charge in [0.2, 0.25) is 11.8 Å². The number of aliphatic hydroxyl groups excluding tert-OH is 4. The third-order valence-corrected chi connectivity index (χ3v) is 12.0. The quantitative estimate of drug-likeness (QED) is 0.0408. The molecule has 13 N–H and O–H groups in total. The van der Waals surface area contributed by atoms with E-state index in [1.54, 1.807) is 11.8 Å². The Balaban J connectivity index is 1.61. The maximum Gasteiger partial charge on any atom is 0.330 e. The summed E-state index contributed by atoms with van der Waals surface area (Å²) in [5.74, 6) is -1.64. The van der Waals surface area contributed by atoms with Crippen molar-refractivity contribution in [3.05, 3.63) is 33.1 Å². The number of unbranched alkanes of at least 4 members (excludes halogenated alkanes) is 12. The van der Waals surface area contributed by atoms with Crippen LogP contribution in [-0.2, 0) is 28.6 Å². The molecule has 2 fully saturated rings. The van der Waals surface area contributed by atoms with Crippen molar-refractivity contribution in [2.75, 3.05) is 31.6 Å². The summed E-state index contributed by atoms with van der Waals surface area (Å²) in [6.45, 7) is 2.02. The van der Waals surface area contributed by atoms with Crippen LogP contribution in [0.2, 0.25) is 0 Å². The van der Waals surface area contributed by atoms with Crippen LogP contribution in [0.4, 0.5) is 0 Å². The van der Waals surface area contributed by atoms with Crippen molar-refractivity contribution < 1.29 is 54.1 Å². The van der Waals surface area contributed by atoms with E-state index in [9.17, 15) is 49.5 Å². The number of rotatable bonds is 32. The fourth-order valence-electron chi connectivity index (χ4n) is 7.65. The molecule has 3 rings (SSSR count). The number of nitrogens with two attached hydrogens (primary N) is 2. The Morgan fingerprint density at radius 1 is 0.855 bits per heavy atom. The van der Waals surface area contributed by atoms with E-state index in [1.807, 2.05) is 11.2 Å². The zero-order chi connectivity index (χ0) is 45.6. The van der Waals surface area contributed by atoms with Crippen LogP contribution in [-0.4, -0.2) is 152 Å². The minimum absolute atomic E-state index is 0.0527. The third kappa shape index (κ3) is 16.9. The van der Waals surface area contributed by atoms with E-state index in [0.717, 1.165) is 42.5 Å².